The highest BCUT2D eigenvalue weighted by Gasteiger charge is 2.59. The first-order chi connectivity index (χ1) is 11.8. The van der Waals surface area contributed by atoms with Crippen LogP contribution in [0.5, 0.6) is 0 Å². The van der Waals surface area contributed by atoms with Gasteiger partial charge in [-0.1, -0.05) is 12.1 Å². The highest BCUT2D eigenvalue weighted by atomic mass is 32.2. The van der Waals surface area contributed by atoms with Gasteiger partial charge in [0.15, 0.2) is 17.2 Å². The maximum Gasteiger partial charge on any atom is 0.328 e. The minimum Gasteiger partial charge on any atom is -0.598 e. The number of carboxylic acids is 1. The van der Waals surface area contributed by atoms with Crippen LogP contribution in [0.1, 0.15) is 26.3 Å². The first kappa shape index (κ1) is 22.4. The van der Waals surface area contributed by atoms with Gasteiger partial charge in [-0.3, -0.25) is 0 Å². The van der Waals surface area contributed by atoms with Gasteiger partial charge in [-0.15, -0.1) is 4.72 Å². The fourth-order valence-corrected chi connectivity index (χ4v) is 2.88. The molecule has 0 amide bonds. The van der Waals surface area contributed by atoms with Crippen LogP contribution >= 0.6 is 0 Å². The van der Waals surface area contributed by atoms with Gasteiger partial charge in [-0.25, -0.2) is 18.0 Å². The molecular formula is C16H18F5NO3S. The van der Waals surface area contributed by atoms with E-state index in [4.69, 9.17) is 5.11 Å². The van der Waals surface area contributed by atoms with E-state index in [0.717, 1.165) is 6.07 Å². The number of halogens is 5. The molecule has 0 saturated heterocycles. The maximum atomic E-state index is 14.8. The van der Waals surface area contributed by atoms with E-state index in [-0.39, 0.29) is 12.2 Å². The summed E-state index contributed by atoms with van der Waals surface area (Å²) in [6.45, 7) is 2.19. The van der Waals surface area contributed by atoms with E-state index in [9.17, 15) is 31.3 Å². The summed E-state index contributed by atoms with van der Waals surface area (Å²) in [6.07, 6.45) is -0.116. The van der Waals surface area contributed by atoms with Gasteiger partial charge in [0.25, 0.3) is 5.92 Å². The zero-order valence-corrected chi connectivity index (χ0v) is 15.0. The van der Waals surface area contributed by atoms with Crippen LogP contribution in [0.3, 0.4) is 0 Å². The van der Waals surface area contributed by atoms with Crippen molar-refractivity contribution in [3.63, 3.8) is 0 Å². The minimum absolute atomic E-state index is 0.0449. The normalized spacial score (nSPS) is 16.5. The fraction of sp³-hybridized carbons (Fsp3) is 0.438. The van der Waals surface area contributed by atoms with Crippen molar-refractivity contribution < 1.29 is 36.4 Å². The Morgan fingerprint density at radius 1 is 1.31 bits per heavy atom. The first-order valence-corrected chi connectivity index (χ1v) is 8.43. The number of aliphatic carboxylic acids is 1. The van der Waals surface area contributed by atoms with Gasteiger partial charge < -0.3 is 9.66 Å². The number of rotatable bonds is 7. The van der Waals surface area contributed by atoms with Gasteiger partial charge in [0.1, 0.15) is 11.4 Å². The van der Waals surface area contributed by atoms with E-state index >= 15 is 0 Å². The summed E-state index contributed by atoms with van der Waals surface area (Å²) < 4.78 is 84.3. The molecule has 1 aromatic rings. The molecule has 1 rings (SSSR count). The Bertz CT molecular complexity index is 693. The number of carbonyl (C=O) groups is 1. The SMILES string of the molecule is CC(C)(C)[S+]([O-])N[C@](CF)(c1cccc(F)c1F)C(F)(F)C=CC(=O)O. The molecule has 10 heteroatoms. The average Bonchev–Trinajstić information content (AvgIpc) is 2.52. The highest BCUT2D eigenvalue weighted by molar-refractivity contribution is 7.90. The van der Waals surface area contributed by atoms with E-state index in [0.29, 0.717) is 12.1 Å². The lowest BCUT2D eigenvalue weighted by molar-refractivity contribution is -0.131. The van der Waals surface area contributed by atoms with Gasteiger partial charge in [-0.2, -0.15) is 8.78 Å². The lowest BCUT2D eigenvalue weighted by Gasteiger charge is -2.39. The molecule has 0 radical (unpaired) electrons. The van der Waals surface area contributed by atoms with E-state index in [2.05, 4.69) is 0 Å². The Morgan fingerprint density at radius 2 is 1.88 bits per heavy atom. The molecule has 0 aliphatic carbocycles. The van der Waals surface area contributed by atoms with Gasteiger partial charge in [0, 0.05) is 23.0 Å². The highest BCUT2D eigenvalue weighted by Crippen LogP contribution is 2.42. The zero-order chi connectivity index (χ0) is 20.3. The van der Waals surface area contributed by atoms with E-state index in [1.807, 2.05) is 4.72 Å². The Hall–Kier alpha value is -1.65. The van der Waals surface area contributed by atoms with Crippen molar-refractivity contribution in [1.29, 1.82) is 0 Å². The van der Waals surface area contributed by atoms with Crippen LogP contribution in [-0.4, -0.2) is 33.0 Å². The van der Waals surface area contributed by atoms with E-state index in [1.165, 1.54) is 20.8 Å². The van der Waals surface area contributed by atoms with Crippen LogP contribution in [0, 0.1) is 11.6 Å². The molecule has 4 nitrogen and oxygen atoms in total. The molecule has 146 valence electrons. The van der Waals surface area contributed by atoms with Gasteiger partial charge >= 0.3 is 5.97 Å². The van der Waals surface area contributed by atoms with E-state index in [1.54, 1.807) is 0 Å². The molecule has 0 spiro atoms. The van der Waals surface area contributed by atoms with Crippen molar-refractivity contribution in [3.05, 3.63) is 47.5 Å². The molecule has 0 fully saturated rings. The second-order valence-electron chi connectivity index (χ2n) is 6.42. The lowest BCUT2D eigenvalue weighted by atomic mass is 9.84. The molecule has 0 aromatic heterocycles. The second-order valence-corrected chi connectivity index (χ2v) is 8.38. The second kappa shape index (κ2) is 7.93. The smallest absolute Gasteiger partial charge is 0.328 e. The minimum atomic E-state index is -4.37. The first-order valence-electron chi connectivity index (χ1n) is 7.28. The van der Waals surface area contributed by atoms with Crippen molar-refractivity contribution in [1.82, 2.24) is 4.72 Å². The largest absolute Gasteiger partial charge is 0.598 e. The summed E-state index contributed by atoms with van der Waals surface area (Å²) >= 11 is -2.32. The summed E-state index contributed by atoms with van der Waals surface area (Å²) in [6, 6.07) is 2.25. The van der Waals surface area contributed by atoms with Gasteiger partial charge in [0.05, 0.1) is 0 Å². The predicted octanol–water partition coefficient (Wildman–Crippen LogP) is 3.46. The molecule has 26 heavy (non-hydrogen) atoms. The van der Waals surface area contributed by atoms with Crippen molar-refractivity contribution >= 4 is 17.3 Å². The van der Waals surface area contributed by atoms with Crippen LogP contribution in [0.2, 0.25) is 0 Å². The van der Waals surface area contributed by atoms with E-state index < -0.39 is 57.4 Å². The summed E-state index contributed by atoms with van der Waals surface area (Å²) in [5.74, 6) is -9.39. The molecular weight excluding hydrogens is 381 g/mol. The summed E-state index contributed by atoms with van der Waals surface area (Å²) in [4.78, 5) is 10.6. The van der Waals surface area contributed by atoms with Crippen molar-refractivity contribution in [2.75, 3.05) is 6.67 Å². The average molecular weight is 399 g/mol. The standard InChI is InChI=1S/C16H18F5NO3S/c1-14(2,3)26(25)22-15(9-17,16(20,21)8-7-12(23)24)10-5-4-6-11(18)13(10)19/h4-8,22H,9H2,1-3H3,(H,23,24)/t15-,26?/m1/s1. The van der Waals surface area contributed by atoms with Crippen molar-refractivity contribution in [2.45, 2.75) is 37.0 Å². The molecule has 2 atom stereocenters. The maximum absolute atomic E-state index is 14.8. The number of carboxylic acid groups (broad SMARTS) is 1. The zero-order valence-electron chi connectivity index (χ0n) is 14.2. The molecule has 0 saturated carbocycles. The van der Waals surface area contributed by atoms with Crippen molar-refractivity contribution in [3.8, 4) is 0 Å². The molecule has 0 aliphatic heterocycles. The third-order valence-electron chi connectivity index (χ3n) is 3.44. The molecule has 0 aliphatic rings. The Morgan fingerprint density at radius 3 is 2.35 bits per heavy atom. The molecule has 1 unspecified atom stereocenters. The third-order valence-corrected chi connectivity index (χ3v) is 5.09. The Kier molecular flexibility index (Phi) is 6.83. The number of hydrogen-bond acceptors (Lipinski definition) is 3. The quantitative estimate of drug-likeness (QED) is 0.419. The monoisotopic (exact) mass is 399 g/mol. The Labute approximate surface area is 150 Å². The number of benzene rings is 1. The molecule has 1 aromatic carbocycles. The predicted molar refractivity (Wildman–Crippen MR) is 86.8 cm³/mol. The summed E-state index contributed by atoms with van der Waals surface area (Å²) in [7, 11) is 0. The number of alkyl halides is 3. The molecule has 0 bridgehead atoms. The van der Waals surface area contributed by atoms with Crippen LogP contribution < -0.4 is 4.72 Å². The topological polar surface area (TPSA) is 72.4 Å². The summed E-state index contributed by atoms with van der Waals surface area (Å²) in [5, 5.41) is 8.57. The lowest BCUT2D eigenvalue weighted by Crippen LogP contribution is -2.61. The summed E-state index contributed by atoms with van der Waals surface area (Å²) in [5.41, 5.74) is -4.40. The van der Waals surface area contributed by atoms with Crippen molar-refractivity contribution in [2.24, 2.45) is 0 Å². The molecule has 0 heterocycles. The van der Waals surface area contributed by atoms with Crippen LogP contribution in [0.4, 0.5) is 22.0 Å². The van der Waals surface area contributed by atoms with Crippen LogP contribution in [-0.2, 0) is 21.7 Å². The van der Waals surface area contributed by atoms with Crippen LogP contribution in [0.25, 0.3) is 0 Å². The molecule has 2 N–H and O–H groups in total. The van der Waals surface area contributed by atoms with Crippen LogP contribution in [0.15, 0.2) is 30.4 Å². The van der Waals surface area contributed by atoms with Gasteiger partial charge in [0.2, 0.25) is 0 Å². The number of nitrogens with one attached hydrogen (secondary N) is 1. The third kappa shape index (κ3) is 4.54. The Balaban J connectivity index is 3.68. The van der Waals surface area contributed by atoms with Gasteiger partial charge in [-0.05, 0) is 32.9 Å². The number of hydrogen-bond donors (Lipinski definition) is 2. The fourth-order valence-electron chi connectivity index (χ4n) is 1.95.